The van der Waals surface area contributed by atoms with Crippen LogP contribution in [0.15, 0.2) is 17.3 Å². The van der Waals surface area contributed by atoms with E-state index in [9.17, 15) is 8.42 Å². The fourth-order valence-corrected chi connectivity index (χ4v) is 4.47. The first-order chi connectivity index (χ1) is 9.46. The Morgan fingerprint density at radius 2 is 2.25 bits per heavy atom. The van der Waals surface area contributed by atoms with Gasteiger partial charge in [-0.1, -0.05) is 13.8 Å². The fourth-order valence-electron chi connectivity index (χ4n) is 2.69. The molecule has 0 amide bonds. The van der Waals surface area contributed by atoms with Crippen LogP contribution in [-0.4, -0.2) is 48.7 Å². The lowest BCUT2D eigenvalue weighted by Gasteiger charge is -2.26. The molecule has 1 aromatic rings. The Balaban J connectivity index is 2.19. The van der Waals surface area contributed by atoms with E-state index in [1.54, 1.807) is 15.2 Å². The van der Waals surface area contributed by atoms with Gasteiger partial charge in [-0.2, -0.15) is 9.40 Å². The molecule has 0 saturated carbocycles. The standard InChI is InChI=1S/C13H24N4O2S/c1-11(2)13-5-4-7-17(13)20(18,19)12-9-15-16(10-12)8-6-14-3/h9-11,13-14H,4-8H2,1-3H3. The van der Waals surface area contributed by atoms with Crippen molar-refractivity contribution in [2.45, 2.75) is 44.2 Å². The zero-order valence-corrected chi connectivity index (χ0v) is 13.2. The summed E-state index contributed by atoms with van der Waals surface area (Å²) in [5.74, 6) is 0.339. The van der Waals surface area contributed by atoms with E-state index in [4.69, 9.17) is 0 Å². The molecule has 2 rings (SSSR count). The van der Waals surface area contributed by atoms with Gasteiger partial charge in [0.05, 0.1) is 12.7 Å². The Kier molecular flexibility index (Phi) is 4.82. The molecule has 1 atom stereocenters. The summed E-state index contributed by atoms with van der Waals surface area (Å²) < 4.78 is 28.7. The Labute approximate surface area is 121 Å². The van der Waals surface area contributed by atoms with Crippen molar-refractivity contribution in [2.24, 2.45) is 5.92 Å². The lowest BCUT2D eigenvalue weighted by molar-refractivity contribution is 0.315. The van der Waals surface area contributed by atoms with Gasteiger partial charge in [0.25, 0.3) is 0 Å². The van der Waals surface area contributed by atoms with E-state index in [0.29, 0.717) is 23.9 Å². The van der Waals surface area contributed by atoms with Gasteiger partial charge < -0.3 is 5.32 Å². The summed E-state index contributed by atoms with van der Waals surface area (Å²) in [6.07, 6.45) is 4.98. The monoisotopic (exact) mass is 300 g/mol. The SMILES string of the molecule is CNCCn1cc(S(=O)(=O)N2CCCC2C(C)C)cn1. The summed E-state index contributed by atoms with van der Waals surface area (Å²) in [5.41, 5.74) is 0. The van der Waals surface area contributed by atoms with Gasteiger partial charge in [0.1, 0.15) is 4.90 Å². The molecule has 1 fully saturated rings. The molecule has 1 aliphatic heterocycles. The molecule has 0 aliphatic carbocycles. The van der Waals surface area contributed by atoms with E-state index < -0.39 is 10.0 Å². The van der Waals surface area contributed by atoms with Crippen molar-refractivity contribution in [3.05, 3.63) is 12.4 Å². The lowest BCUT2D eigenvalue weighted by Crippen LogP contribution is -2.38. The molecule has 20 heavy (non-hydrogen) atoms. The largest absolute Gasteiger partial charge is 0.318 e. The first kappa shape index (κ1) is 15.5. The van der Waals surface area contributed by atoms with Gasteiger partial charge in [-0.3, -0.25) is 4.68 Å². The zero-order chi connectivity index (χ0) is 14.8. The van der Waals surface area contributed by atoms with E-state index >= 15 is 0 Å². The molecule has 0 bridgehead atoms. The normalized spacial score (nSPS) is 20.9. The van der Waals surface area contributed by atoms with Crippen LogP contribution in [0.1, 0.15) is 26.7 Å². The molecule has 6 nitrogen and oxygen atoms in total. The summed E-state index contributed by atoms with van der Waals surface area (Å²) >= 11 is 0. The molecule has 0 spiro atoms. The van der Waals surface area contributed by atoms with Crippen LogP contribution in [0.5, 0.6) is 0 Å². The Morgan fingerprint density at radius 1 is 1.50 bits per heavy atom. The minimum atomic E-state index is -3.41. The van der Waals surface area contributed by atoms with Gasteiger partial charge in [-0.05, 0) is 25.8 Å². The van der Waals surface area contributed by atoms with Crippen molar-refractivity contribution in [1.29, 1.82) is 0 Å². The molecule has 0 aromatic carbocycles. The van der Waals surface area contributed by atoms with E-state index in [1.165, 1.54) is 6.20 Å². The maximum atomic E-state index is 12.7. The Hall–Kier alpha value is -0.920. The number of rotatable bonds is 6. The highest BCUT2D eigenvalue weighted by Gasteiger charge is 2.37. The molecule has 7 heteroatoms. The average Bonchev–Trinajstić information content (AvgIpc) is 3.05. The molecule has 1 N–H and O–H groups in total. The van der Waals surface area contributed by atoms with Gasteiger partial charge in [0.15, 0.2) is 0 Å². The number of nitrogens with zero attached hydrogens (tertiary/aromatic N) is 3. The second-order valence-corrected chi connectivity index (χ2v) is 7.50. The highest BCUT2D eigenvalue weighted by molar-refractivity contribution is 7.89. The van der Waals surface area contributed by atoms with E-state index in [2.05, 4.69) is 24.3 Å². The summed E-state index contributed by atoms with van der Waals surface area (Å²) in [6.45, 7) is 6.20. The van der Waals surface area contributed by atoms with Crippen LogP contribution in [-0.2, 0) is 16.6 Å². The quantitative estimate of drug-likeness (QED) is 0.848. The molecule has 0 radical (unpaired) electrons. The molecule has 1 aromatic heterocycles. The van der Waals surface area contributed by atoms with Crippen molar-refractivity contribution in [3.8, 4) is 0 Å². The molecular formula is C13H24N4O2S. The third-order valence-electron chi connectivity index (χ3n) is 3.82. The third-order valence-corrected chi connectivity index (χ3v) is 5.70. The molecule has 2 heterocycles. The summed E-state index contributed by atoms with van der Waals surface area (Å²) in [6, 6.07) is 0.112. The van der Waals surface area contributed by atoms with Crippen molar-refractivity contribution in [2.75, 3.05) is 20.1 Å². The topological polar surface area (TPSA) is 67.2 Å². The van der Waals surface area contributed by atoms with Crippen molar-refractivity contribution < 1.29 is 8.42 Å². The second-order valence-electron chi connectivity index (χ2n) is 5.61. The predicted molar refractivity (Wildman–Crippen MR) is 77.9 cm³/mol. The van der Waals surface area contributed by atoms with Gasteiger partial charge in [-0.15, -0.1) is 0 Å². The molecular weight excluding hydrogens is 276 g/mol. The van der Waals surface area contributed by atoms with Crippen molar-refractivity contribution >= 4 is 10.0 Å². The Bertz CT molecular complexity index is 538. The predicted octanol–water partition coefficient (Wildman–Crippen LogP) is 0.912. The molecule has 1 unspecified atom stereocenters. The van der Waals surface area contributed by atoms with Crippen molar-refractivity contribution in [1.82, 2.24) is 19.4 Å². The fraction of sp³-hybridized carbons (Fsp3) is 0.769. The molecule has 1 saturated heterocycles. The van der Waals surface area contributed by atoms with Crippen LogP contribution in [0.25, 0.3) is 0 Å². The van der Waals surface area contributed by atoms with Crippen LogP contribution in [0.2, 0.25) is 0 Å². The summed E-state index contributed by atoms with van der Waals surface area (Å²) in [4.78, 5) is 0.307. The summed E-state index contributed by atoms with van der Waals surface area (Å²) in [5, 5.41) is 7.15. The number of likely N-dealkylation sites (N-methyl/N-ethyl adjacent to an activating group) is 1. The maximum Gasteiger partial charge on any atom is 0.246 e. The minimum absolute atomic E-state index is 0.112. The first-order valence-corrected chi connectivity index (χ1v) is 8.59. The smallest absolute Gasteiger partial charge is 0.246 e. The lowest BCUT2D eigenvalue weighted by atomic mass is 10.0. The van der Waals surface area contributed by atoms with Crippen LogP contribution < -0.4 is 5.32 Å². The number of hydrogen-bond donors (Lipinski definition) is 1. The number of sulfonamides is 1. The number of hydrogen-bond acceptors (Lipinski definition) is 4. The average molecular weight is 300 g/mol. The Morgan fingerprint density at radius 3 is 2.90 bits per heavy atom. The van der Waals surface area contributed by atoms with E-state index in [-0.39, 0.29) is 6.04 Å². The zero-order valence-electron chi connectivity index (χ0n) is 12.4. The second kappa shape index (κ2) is 6.24. The van der Waals surface area contributed by atoms with Gasteiger partial charge in [-0.25, -0.2) is 8.42 Å². The van der Waals surface area contributed by atoms with Crippen molar-refractivity contribution in [3.63, 3.8) is 0 Å². The third kappa shape index (κ3) is 3.05. The minimum Gasteiger partial charge on any atom is -0.318 e. The van der Waals surface area contributed by atoms with Gasteiger partial charge in [0, 0.05) is 25.3 Å². The van der Waals surface area contributed by atoms with E-state index in [0.717, 1.165) is 19.4 Å². The highest BCUT2D eigenvalue weighted by Crippen LogP contribution is 2.29. The highest BCUT2D eigenvalue weighted by atomic mass is 32.2. The summed E-state index contributed by atoms with van der Waals surface area (Å²) in [7, 11) is -1.55. The van der Waals surface area contributed by atoms with Crippen LogP contribution in [0.3, 0.4) is 0 Å². The number of nitrogens with one attached hydrogen (secondary N) is 1. The molecule has 114 valence electrons. The van der Waals surface area contributed by atoms with Gasteiger partial charge >= 0.3 is 0 Å². The van der Waals surface area contributed by atoms with Crippen LogP contribution in [0.4, 0.5) is 0 Å². The van der Waals surface area contributed by atoms with Crippen LogP contribution in [0, 0.1) is 5.92 Å². The maximum absolute atomic E-state index is 12.7. The van der Waals surface area contributed by atoms with Crippen LogP contribution >= 0.6 is 0 Å². The first-order valence-electron chi connectivity index (χ1n) is 7.15. The van der Waals surface area contributed by atoms with E-state index in [1.807, 2.05) is 7.05 Å². The number of aromatic nitrogens is 2. The molecule has 1 aliphatic rings. The van der Waals surface area contributed by atoms with Gasteiger partial charge in [0.2, 0.25) is 10.0 Å².